The molecule has 1 unspecified atom stereocenters. The minimum Gasteiger partial charge on any atom is -0.357 e. The normalized spacial score (nSPS) is 13.5. The molecule has 0 aromatic carbocycles. The molecule has 1 atom stereocenters. The average Bonchev–Trinajstić information content (AvgIpc) is 2.66. The van der Waals surface area contributed by atoms with Gasteiger partial charge in [0.2, 0.25) is 0 Å². The fraction of sp³-hybridized carbons (Fsp3) is 0.824. The summed E-state index contributed by atoms with van der Waals surface area (Å²) in [5.74, 6) is 1.97. The lowest BCUT2D eigenvalue weighted by atomic mass is 10.1. The summed E-state index contributed by atoms with van der Waals surface area (Å²) in [6.45, 7) is 18.5. The van der Waals surface area contributed by atoms with E-state index in [9.17, 15) is 0 Å². The van der Waals surface area contributed by atoms with Gasteiger partial charge in [-0.3, -0.25) is 4.68 Å². The monoisotopic (exact) mass is 294 g/mol. The maximum atomic E-state index is 4.65. The van der Waals surface area contributed by atoms with Crippen LogP contribution in [0.5, 0.6) is 0 Å². The molecule has 1 aromatic rings. The highest BCUT2D eigenvalue weighted by Crippen LogP contribution is 2.25. The Balaban J connectivity index is 3.03. The Morgan fingerprint density at radius 3 is 2.38 bits per heavy atom. The number of anilines is 1. The number of rotatable bonds is 7. The van der Waals surface area contributed by atoms with Gasteiger partial charge < -0.3 is 10.2 Å². The van der Waals surface area contributed by atoms with Gasteiger partial charge in [-0.2, -0.15) is 5.10 Å². The van der Waals surface area contributed by atoms with E-state index >= 15 is 0 Å². The van der Waals surface area contributed by atoms with Gasteiger partial charge in [0.1, 0.15) is 5.82 Å². The zero-order chi connectivity index (χ0) is 16.2. The van der Waals surface area contributed by atoms with Crippen LogP contribution in [0.15, 0.2) is 0 Å². The Hall–Kier alpha value is -1.03. The molecular formula is C17H34N4. The van der Waals surface area contributed by atoms with Crippen molar-refractivity contribution in [1.29, 1.82) is 0 Å². The third-order valence-electron chi connectivity index (χ3n) is 4.02. The molecule has 4 nitrogen and oxygen atoms in total. The minimum absolute atomic E-state index is 0.118. The molecule has 0 saturated carbocycles. The number of hydrogen-bond donors (Lipinski definition) is 1. The van der Waals surface area contributed by atoms with Gasteiger partial charge in [-0.15, -0.1) is 0 Å². The Labute approximate surface area is 130 Å². The molecule has 21 heavy (non-hydrogen) atoms. The molecule has 0 bridgehead atoms. The molecule has 0 saturated heterocycles. The molecule has 122 valence electrons. The van der Waals surface area contributed by atoms with E-state index in [2.05, 4.69) is 70.8 Å². The summed E-state index contributed by atoms with van der Waals surface area (Å²) < 4.78 is 2.04. The molecule has 1 rings (SSSR count). The summed E-state index contributed by atoms with van der Waals surface area (Å²) >= 11 is 0. The molecule has 0 aliphatic carbocycles. The van der Waals surface area contributed by atoms with Crippen molar-refractivity contribution < 1.29 is 0 Å². The molecule has 1 N–H and O–H groups in total. The first kappa shape index (κ1) is 18.0. The summed E-state index contributed by atoms with van der Waals surface area (Å²) in [7, 11) is 2.06. The number of nitrogens with one attached hydrogen (secondary N) is 1. The fourth-order valence-electron chi connectivity index (χ4n) is 2.52. The summed E-state index contributed by atoms with van der Waals surface area (Å²) in [5.41, 5.74) is 2.58. The van der Waals surface area contributed by atoms with Gasteiger partial charge in [-0.1, -0.05) is 20.3 Å². The average molecular weight is 294 g/mol. The maximum Gasteiger partial charge on any atom is 0.131 e. The molecule has 4 heteroatoms. The maximum absolute atomic E-state index is 4.65. The van der Waals surface area contributed by atoms with Crippen molar-refractivity contribution >= 4 is 5.82 Å². The zero-order valence-corrected chi connectivity index (χ0v) is 15.2. The van der Waals surface area contributed by atoms with Gasteiger partial charge in [0, 0.05) is 37.8 Å². The van der Waals surface area contributed by atoms with Crippen LogP contribution in [0, 0.1) is 12.8 Å². The number of aromatic nitrogens is 2. The van der Waals surface area contributed by atoms with Gasteiger partial charge in [0.15, 0.2) is 0 Å². The van der Waals surface area contributed by atoms with Crippen molar-refractivity contribution in [3.05, 3.63) is 11.3 Å². The SMILES string of the molecule is CCC(C)CN(CC)c1c(CNC(C)(C)C)c(C)nn1C. The molecule has 0 fully saturated rings. The van der Waals surface area contributed by atoms with Gasteiger partial charge in [-0.25, -0.2) is 0 Å². The third-order valence-corrected chi connectivity index (χ3v) is 4.02. The number of hydrogen-bond acceptors (Lipinski definition) is 3. The Bertz CT molecular complexity index is 442. The van der Waals surface area contributed by atoms with E-state index < -0.39 is 0 Å². The first-order valence-corrected chi connectivity index (χ1v) is 8.22. The van der Waals surface area contributed by atoms with Crippen LogP contribution < -0.4 is 10.2 Å². The summed E-state index contributed by atoms with van der Waals surface area (Å²) in [4.78, 5) is 2.47. The number of aryl methyl sites for hydroxylation is 2. The summed E-state index contributed by atoms with van der Waals surface area (Å²) in [6, 6.07) is 0. The van der Waals surface area contributed by atoms with Crippen molar-refractivity contribution in [2.24, 2.45) is 13.0 Å². The smallest absolute Gasteiger partial charge is 0.131 e. The lowest BCUT2D eigenvalue weighted by Crippen LogP contribution is -2.36. The highest BCUT2D eigenvalue weighted by Gasteiger charge is 2.21. The highest BCUT2D eigenvalue weighted by molar-refractivity contribution is 5.50. The van der Waals surface area contributed by atoms with Crippen molar-refractivity contribution in [1.82, 2.24) is 15.1 Å². The molecule has 0 aliphatic heterocycles. The van der Waals surface area contributed by atoms with E-state index in [1.807, 2.05) is 4.68 Å². The summed E-state index contributed by atoms with van der Waals surface area (Å²) in [6.07, 6.45) is 1.21. The van der Waals surface area contributed by atoms with Gasteiger partial charge in [0.05, 0.1) is 5.69 Å². The molecule has 0 amide bonds. The van der Waals surface area contributed by atoms with Crippen LogP contribution >= 0.6 is 0 Å². The Kier molecular flexibility index (Phi) is 6.26. The van der Waals surface area contributed by atoms with Gasteiger partial charge >= 0.3 is 0 Å². The quantitative estimate of drug-likeness (QED) is 0.835. The van der Waals surface area contributed by atoms with Crippen LogP contribution in [0.1, 0.15) is 59.2 Å². The second kappa shape index (κ2) is 7.30. The largest absolute Gasteiger partial charge is 0.357 e. The predicted molar refractivity (Wildman–Crippen MR) is 91.9 cm³/mol. The van der Waals surface area contributed by atoms with Crippen molar-refractivity contribution in [2.45, 2.75) is 67.0 Å². The van der Waals surface area contributed by atoms with Crippen LogP contribution in [-0.2, 0) is 13.6 Å². The van der Waals surface area contributed by atoms with Crippen LogP contribution in [0.3, 0.4) is 0 Å². The zero-order valence-electron chi connectivity index (χ0n) is 15.2. The van der Waals surface area contributed by atoms with E-state index in [1.54, 1.807) is 0 Å². The van der Waals surface area contributed by atoms with Crippen LogP contribution in [-0.4, -0.2) is 28.4 Å². The van der Waals surface area contributed by atoms with Crippen molar-refractivity contribution in [3.63, 3.8) is 0 Å². The Morgan fingerprint density at radius 1 is 1.29 bits per heavy atom. The van der Waals surface area contributed by atoms with Crippen LogP contribution in [0.4, 0.5) is 5.82 Å². The standard InChI is InChI=1S/C17H34N4/c1-9-13(3)12-21(10-2)16-15(11-18-17(5,6)7)14(4)19-20(16)8/h13,18H,9-12H2,1-8H3. The van der Waals surface area contributed by atoms with Gasteiger partial charge in [0.25, 0.3) is 0 Å². The second-order valence-electron chi connectivity index (χ2n) is 7.17. The minimum atomic E-state index is 0.118. The van der Waals surface area contributed by atoms with Crippen LogP contribution in [0.2, 0.25) is 0 Å². The topological polar surface area (TPSA) is 33.1 Å². The first-order valence-electron chi connectivity index (χ1n) is 8.22. The predicted octanol–water partition coefficient (Wildman–Crippen LogP) is 3.49. The molecule has 0 spiro atoms. The van der Waals surface area contributed by atoms with Crippen molar-refractivity contribution in [2.75, 3.05) is 18.0 Å². The molecule has 0 aliphatic rings. The number of nitrogens with zero attached hydrogens (tertiary/aromatic N) is 3. The molecule has 1 heterocycles. The lowest BCUT2D eigenvalue weighted by molar-refractivity contribution is 0.423. The van der Waals surface area contributed by atoms with E-state index in [0.29, 0.717) is 5.92 Å². The third kappa shape index (κ3) is 5.03. The Morgan fingerprint density at radius 2 is 1.90 bits per heavy atom. The second-order valence-corrected chi connectivity index (χ2v) is 7.17. The van der Waals surface area contributed by atoms with E-state index in [0.717, 1.165) is 25.3 Å². The molecular weight excluding hydrogens is 260 g/mol. The van der Waals surface area contributed by atoms with E-state index in [1.165, 1.54) is 17.8 Å². The van der Waals surface area contributed by atoms with Gasteiger partial charge in [-0.05, 0) is 40.5 Å². The molecule has 1 aromatic heterocycles. The molecule has 0 radical (unpaired) electrons. The van der Waals surface area contributed by atoms with Crippen molar-refractivity contribution in [3.8, 4) is 0 Å². The summed E-state index contributed by atoms with van der Waals surface area (Å²) in [5, 5.41) is 8.25. The van der Waals surface area contributed by atoms with E-state index in [-0.39, 0.29) is 5.54 Å². The van der Waals surface area contributed by atoms with E-state index in [4.69, 9.17) is 0 Å². The first-order chi connectivity index (χ1) is 9.69. The highest BCUT2D eigenvalue weighted by atomic mass is 15.4. The fourth-order valence-corrected chi connectivity index (χ4v) is 2.52. The lowest BCUT2D eigenvalue weighted by Gasteiger charge is -2.28. The van der Waals surface area contributed by atoms with Crippen LogP contribution in [0.25, 0.3) is 0 Å².